The van der Waals surface area contributed by atoms with E-state index < -0.39 is 5.82 Å². The van der Waals surface area contributed by atoms with Crippen LogP contribution in [0.15, 0.2) is 47.6 Å². The third-order valence-corrected chi connectivity index (χ3v) is 2.72. The summed E-state index contributed by atoms with van der Waals surface area (Å²) >= 11 is 0. The van der Waals surface area contributed by atoms with Crippen molar-refractivity contribution in [1.29, 1.82) is 0 Å². The number of carbonyl (C=O) groups is 1. The molecule has 96 valence electrons. The molecule has 0 aromatic heterocycles. The quantitative estimate of drug-likeness (QED) is 0.859. The van der Waals surface area contributed by atoms with Gasteiger partial charge in [-0.3, -0.25) is 4.79 Å². The van der Waals surface area contributed by atoms with E-state index in [0.29, 0.717) is 11.1 Å². The number of benzene rings is 2. The van der Waals surface area contributed by atoms with Gasteiger partial charge in [0.05, 0.1) is 0 Å². The molecular formula is C14H11FN2O2. The second-order valence-electron chi connectivity index (χ2n) is 3.91. The molecule has 2 rings (SSSR count). The molecule has 4 nitrogen and oxygen atoms in total. The Morgan fingerprint density at radius 3 is 2.63 bits per heavy atom. The molecule has 2 aromatic rings. The maximum atomic E-state index is 13.2. The molecule has 2 aromatic carbocycles. The average molecular weight is 258 g/mol. The van der Waals surface area contributed by atoms with Crippen molar-refractivity contribution >= 4 is 11.6 Å². The molecule has 0 aliphatic carbocycles. The summed E-state index contributed by atoms with van der Waals surface area (Å²) in [6, 6.07) is 10.4. The molecule has 0 fully saturated rings. The summed E-state index contributed by atoms with van der Waals surface area (Å²) in [5, 5.41) is 5.28. The number of nitrogens with zero attached hydrogens (tertiary/aromatic N) is 1. The summed E-state index contributed by atoms with van der Waals surface area (Å²) in [4.78, 5) is 22.3. The SMILES string of the molecule is CNC(=O)c1cc(N=O)ccc1-c1cccc(F)c1. The number of rotatable bonds is 3. The van der Waals surface area contributed by atoms with E-state index >= 15 is 0 Å². The van der Waals surface area contributed by atoms with E-state index in [1.807, 2.05) is 0 Å². The van der Waals surface area contributed by atoms with Gasteiger partial charge in [-0.25, -0.2) is 4.39 Å². The third kappa shape index (κ3) is 2.65. The number of halogens is 1. The molecule has 0 spiro atoms. The molecule has 1 amide bonds. The smallest absolute Gasteiger partial charge is 0.251 e. The second-order valence-corrected chi connectivity index (χ2v) is 3.91. The van der Waals surface area contributed by atoms with Gasteiger partial charge >= 0.3 is 0 Å². The van der Waals surface area contributed by atoms with E-state index in [4.69, 9.17) is 0 Å². The van der Waals surface area contributed by atoms with Gasteiger partial charge < -0.3 is 5.32 Å². The summed E-state index contributed by atoms with van der Waals surface area (Å²) in [5.74, 6) is -0.747. The van der Waals surface area contributed by atoms with Gasteiger partial charge in [-0.2, -0.15) is 0 Å². The first-order valence-electron chi connectivity index (χ1n) is 5.61. The largest absolute Gasteiger partial charge is 0.355 e. The van der Waals surface area contributed by atoms with Crippen LogP contribution in [0.2, 0.25) is 0 Å². The van der Waals surface area contributed by atoms with Crippen LogP contribution in [0, 0.1) is 10.7 Å². The highest BCUT2D eigenvalue weighted by atomic mass is 19.1. The number of nitroso groups, excluding NO2 is 1. The van der Waals surface area contributed by atoms with Gasteiger partial charge in [0.1, 0.15) is 11.5 Å². The van der Waals surface area contributed by atoms with Crippen molar-refractivity contribution in [3.05, 3.63) is 58.8 Å². The van der Waals surface area contributed by atoms with Crippen molar-refractivity contribution in [2.45, 2.75) is 0 Å². The molecule has 5 heteroatoms. The van der Waals surface area contributed by atoms with E-state index in [2.05, 4.69) is 10.5 Å². The van der Waals surface area contributed by atoms with E-state index in [0.717, 1.165) is 0 Å². The molecule has 0 radical (unpaired) electrons. The zero-order valence-electron chi connectivity index (χ0n) is 10.2. The Morgan fingerprint density at radius 1 is 1.21 bits per heavy atom. The van der Waals surface area contributed by atoms with Crippen LogP contribution in [-0.2, 0) is 0 Å². The van der Waals surface area contributed by atoms with Crippen LogP contribution >= 0.6 is 0 Å². The second kappa shape index (κ2) is 5.39. The zero-order chi connectivity index (χ0) is 13.8. The highest BCUT2D eigenvalue weighted by Crippen LogP contribution is 2.28. The molecule has 1 N–H and O–H groups in total. The van der Waals surface area contributed by atoms with Crippen molar-refractivity contribution in [3.8, 4) is 11.1 Å². The number of hydrogen-bond donors (Lipinski definition) is 1. The molecule has 0 saturated carbocycles. The van der Waals surface area contributed by atoms with Crippen LogP contribution in [0.5, 0.6) is 0 Å². The maximum absolute atomic E-state index is 13.2. The molecule has 0 aliphatic rings. The fraction of sp³-hybridized carbons (Fsp3) is 0.0714. The lowest BCUT2D eigenvalue weighted by Gasteiger charge is -2.09. The zero-order valence-corrected chi connectivity index (χ0v) is 10.2. The topological polar surface area (TPSA) is 58.5 Å². The minimum Gasteiger partial charge on any atom is -0.355 e. The monoisotopic (exact) mass is 258 g/mol. The van der Waals surface area contributed by atoms with Crippen molar-refractivity contribution in [2.75, 3.05) is 7.05 Å². The number of hydrogen-bond acceptors (Lipinski definition) is 3. The third-order valence-electron chi connectivity index (χ3n) is 2.72. The summed E-state index contributed by atoms with van der Waals surface area (Å²) in [6.45, 7) is 0. The lowest BCUT2D eigenvalue weighted by molar-refractivity contribution is 0.0963. The molecule has 19 heavy (non-hydrogen) atoms. The van der Waals surface area contributed by atoms with Crippen molar-refractivity contribution < 1.29 is 9.18 Å². The summed E-state index contributed by atoms with van der Waals surface area (Å²) < 4.78 is 13.2. The predicted octanol–water partition coefficient (Wildman–Crippen LogP) is 3.25. The highest BCUT2D eigenvalue weighted by molar-refractivity contribution is 6.01. The van der Waals surface area contributed by atoms with E-state index in [9.17, 15) is 14.1 Å². The van der Waals surface area contributed by atoms with Gasteiger partial charge in [0.15, 0.2) is 0 Å². The lowest BCUT2D eigenvalue weighted by Crippen LogP contribution is -2.18. The molecular weight excluding hydrogens is 247 g/mol. The normalized spacial score (nSPS) is 10.0. The fourth-order valence-electron chi connectivity index (χ4n) is 1.82. The molecule has 0 saturated heterocycles. The highest BCUT2D eigenvalue weighted by Gasteiger charge is 2.13. The lowest BCUT2D eigenvalue weighted by atomic mass is 9.98. The van der Waals surface area contributed by atoms with Crippen LogP contribution < -0.4 is 5.32 Å². The van der Waals surface area contributed by atoms with Crippen LogP contribution in [0.25, 0.3) is 11.1 Å². The number of nitrogens with one attached hydrogen (secondary N) is 1. The van der Waals surface area contributed by atoms with Gasteiger partial charge in [-0.05, 0) is 40.6 Å². The molecule has 0 bridgehead atoms. The fourth-order valence-corrected chi connectivity index (χ4v) is 1.82. The van der Waals surface area contributed by atoms with E-state index in [-0.39, 0.29) is 17.2 Å². The Balaban J connectivity index is 2.62. The van der Waals surface area contributed by atoms with E-state index in [1.165, 1.54) is 31.3 Å². The van der Waals surface area contributed by atoms with Gasteiger partial charge in [0, 0.05) is 12.6 Å². The van der Waals surface area contributed by atoms with Crippen LogP contribution in [-0.4, -0.2) is 13.0 Å². The standard InChI is InChI=1S/C14H11FN2O2/c1-16-14(18)13-8-11(17-19)5-6-12(13)9-3-2-4-10(15)7-9/h2-8H,1H3,(H,16,18). The first-order valence-corrected chi connectivity index (χ1v) is 5.61. The summed E-state index contributed by atoms with van der Waals surface area (Å²) in [5.41, 5.74) is 1.55. The van der Waals surface area contributed by atoms with Crippen LogP contribution in [0.3, 0.4) is 0 Å². The Kier molecular flexibility index (Phi) is 3.66. The van der Waals surface area contributed by atoms with Crippen LogP contribution in [0.4, 0.5) is 10.1 Å². The average Bonchev–Trinajstić information content (AvgIpc) is 2.45. The Labute approximate surface area is 109 Å². The van der Waals surface area contributed by atoms with Gasteiger partial charge in [0.2, 0.25) is 0 Å². The predicted molar refractivity (Wildman–Crippen MR) is 70.7 cm³/mol. The molecule has 0 aliphatic heterocycles. The van der Waals surface area contributed by atoms with Crippen LogP contribution in [0.1, 0.15) is 10.4 Å². The number of amides is 1. The Bertz CT molecular complexity index is 641. The Morgan fingerprint density at radius 2 is 2.00 bits per heavy atom. The first kappa shape index (κ1) is 12.9. The Hall–Kier alpha value is -2.56. The van der Waals surface area contributed by atoms with Gasteiger partial charge in [-0.1, -0.05) is 18.2 Å². The van der Waals surface area contributed by atoms with Crippen molar-refractivity contribution in [3.63, 3.8) is 0 Å². The van der Waals surface area contributed by atoms with Crippen molar-refractivity contribution in [2.24, 2.45) is 5.18 Å². The molecule has 0 atom stereocenters. The molecule has 0 heterocycles. The van der Waals surface area contributed by atoms with Gasteiger partial charge in [-0.15, -0.1) is 4.91 Å². The van der Waals surface area contributed by atoms with E-state index in [1.54, 1.807) is 18.2 Å². The molecule has 0 unspecified atom stereocenters. The number of carbonyl (C=O) groups excluding carboxylic acids is 1. The van der Waals surface area contributed by atoms with Crippen molar-refractivity contribution in [1.82, 2.24) is 5.32 Å². The van der Waals surface area contributed by atoms with Gasteiger partial charge in [0.25, 0.3) is 5.91 Å². The summed E-state index contributed by atoms with van der Waals surface area (Å²) in [6.07, 6.45) is 0. The first-order chi connectivity index (χ1) is 9.15. The summed E-state index contributed by atoms with van der Waals surface area (Å²) in [7, 11) is 1.48. The minimum atomic E-state index is -0.391. The maximum Gasteiger partial charge on any atom is 0.251 e. The minimum absolute atomic E-state index is 0.152.